The summed E-state index contributed by atoms with van der Waals surface area (Å²) in [5.74, 6) is -1.38. The Kier molecular flexibility index (Phi) is 23.8. The topological polar surface area (TPSA) is 138 Å². The number of nitrogens with one attached hydrogen (secondary N) is 2. The normalized spacial score (nSPS) is 12.9. The van der Waals surface area contributed by atoms with Gasteiger partial charge in [0.15, 0.2) is 0 Å². The Morgan fingerprint density at radius 2 is 1.40 bits per heavy atom. The van der Waals surface area contributed by atoms with Gasteiger partial charge >= 0.3 is 5.97 Å². The minimum Gasteiger partial charge on any atom is -0.456 e. The van der Waals surface area contributed by atoms with Crippen molar-refractivity contribution >= 4 is 17.8 Å². The zero-order valence-electron chi connectivity index (χ0n) is 26.6. The van der Waals surface area contributed by atoms with Crippen molar-refractivity contribution in [1.29, 1.82) is 0 Å². The smallest absolute Gasteiger partial charge is 0.329 e. The number of esters is 1. The van der Waals surface area contributed by atoms with Gasteiger partial charge < -0.3 is 25.6 Å². The van der Waals surface area contributed by atoms with Crippen LogP contribution in [-0.4, -0.2) is 64.9 Å². The fourth-order valence-corrected chi connectivity index (χ4v) is 3.84. The van der Waals surface area contributed by atoms with E-state index >= 15 is 0 Å². The molecule has 1 rings (SSSR count). The Labute approximate surface area is 268 Å². The second kappa shape index (κ2) is 27.5. The monoisotopic (exact) mass is 621 g/mol. The van der Waals surface area contributed by atoms with Crippen LogP contribution in [-0.2, 0) is 14.3 Å². The van der Waals surface area contributed by atoms with Gasteiger partial charge in [0.25, 0.3) is 5.91 Å². The summed E-state index contributed by atoms with van der Waals surface area (Å²) < 4.78 is 5.10. The van der Waals surface area contributed by atoms with Crippen molar-refractivity contribution in [2.45, 2.75) is 83.3 Å². The molecule has 4 N–H and O–H groups in total. The van der Waals surface area contributed by atoms with Gasteiger partial charge in [0.1, 0.15) is 12.1 Å². The third-order valence-corrected chi connectivity index (χ3v) is 6.33. The number of carbonyl (C=O) groups is 3. The lowest BCUT2D eigenvalue weighted by Crippen LogP contribution is -2.44. The number of hydrogen-bond acceptors (Lipinski definition) is 7. The lowest BCUT2D eigenvalue weighted by molar-refractivity contribution is -0.155. The van der Waals surface area contributed by atoms with Crippen LogP contribution in [0.5, 0.6) is 0 Å². The van der Waals surface area contributed by atoms with Gasteiger partial charge in [0.2, 0.25) is 5.91 Å². The molecule has 0 aliphatic heterocycles. The minimum atomic E-state index is -1.08. The molecular weight excluding hydrogens is 570 g/mol. The molecule has 0 saturated carbocycles. The number of carbonyl (C=O) groups excluding carboxylic acids is 3. The van der Waals surface area contributed by atoms with Crippen LogP contribution in [0, 0.1) is 0 Å². The first-order valence-corrected chi connectivity index (χ1v) is 15.8. The molecule has 0 spiro atoms. The molecule has 0 radical (unpaired) electrons. The van der Waals surface area contributed by atoms with E-state index in [9.17, 15) is 24.6 Å². The van der Waals surface area contributed by atoms with Crippen molar-refractivity contribution in [3.8, 4) is 0 Å². The van der Waals surface area contributed by atoms with E-state index in [-0.39, 0.29) is 17.9 Å². The second-order valence-corrected chi connectivity index (χ2v) is 10.1. The van der Waals surface area contributed by atoms with Crippen LogP contribution in [0.1, 0.15) is 81.5 Å². The molecular formula is C36H51N3O6. The highest BCUT2D eigenvalue weighted by atomic mass is 16.6. The predicted molar refractivity (Wildman–Crippen MR) is 179 cm³/mol. The van der Waals surface area contributed by atoms with Crippen LogP contribution in [0.3, 0.4) is 0 Å². The first-order valence-electron chi connectivity index (χ1n) is 15.8. The molecule has 1 atom stereocenters. The summed E-state index contributed by atoms with van der Waals surface area (Å²) in [6.07, 6.45) is 34.8. The van der Waals surface area contributed by atoms with E-state index in [4.69, 9.17) is 4.74 Å². The molecule has 9 heteroatoms. The number of pyridine rings is 1. The molecule has 2 amide bonds. The number of amides is 2. The predicted octanol–water partition coefficient (Wildman–Crippen LogP) is 5.45. The molecule has 9 nitrogen and oxygen atoms in total. The fourth-order valence-electron chi connectivity index (χ4n) is 3.84. The maximum atomic E-state index is 12.6. The van der Waals surface area contributed by atoms with Gasteiger partial charge in [-0.05, 0) is 69.9 Å². The Hall–Kier alpha value is -4.08. The molecule has 1 aromatic heterocycles. The van der Waals surface area contributed by atoms with Crippen LogP contribution < -0.4 is 10.6 Å². The second-order valence-electron chi connectivity index (χ2n) is 10.1. The van der Waals surface area contributed by atoms with Gasteiger partial charge in [-0.25, -0.2) is 4.79 Å². The maximum Gasteiger partial charge on any atom is 0.329 e. The summed E-state index contributed by atoms with van der Waals surface area (Å²) in [4.78, 5) is 41.2. The van der Waals surface area contributed by atoms with E-state index in [1.807, 2.05) is 12.2 Å². The molecule has 0 saturated heterocycles. The van der Waals surface area contributed by atoms with Crippen molar-refractivity contribution < 1.29 is 29.3 Å². The van der Waals surface area contributed by atoms with Crippen molar-refractivity contribution in [1.82, 2.24) is 15.6 Å². The fraction of sp³-hybridized carbons (Fsp3) is 0.444. The largest absolute Gasteiger partial charge is 0.456 e. The first kappa shape index (κ1) is 38.9. The van der Waals surface area contributed by atoms with Crippen molar-refractivity contribution in [2.24, 2.45) is 0 Å². The molecule has 246 valence electrons. The highest BCUT2D eigenvalue weighted by molar-refractivity contribution is 5.96. The number of aliphatic hydroxyl groups excluding tert-OH is 2. The Balaban J connectivity index is 2.24. The standard InChI is InChI=1S/C36H51N3O6/c1-2-3-4-5-6-7-8-9-10-11-12-13-14-15-16-17-18-19-20-25-34(42)38-27-22-24-33(36(44)45-32(29-40)30-41)39-35(43)31-23-21-26-37-28-31/h3-4,6-7,9-10,12-13,15-16,18-19,21,23,26,28,32-33,40-41H,2,5,8,11,14,17,20,22,24-25,27,29-30H2,1H3,(H,38,42)(H,39,43)/b4-3-,7-6-,10-9-,13-12-,16-15-,19-18-. The Morgan fingerprint density at radius 3 is 1.91 bits per heavy atom. The van der Waals surface area contributed by atoms with Gasteiger partial charge in [-0.15, -0.1) is 0 Å². The average molecular weight is 622 g/mol. The number of rotatable bonds is 24. The quantitative estimate of drug-likeness (QED) is 0.0684. The number of hydrogen-bond donors (Lipinski definition) is 4. The number of allylic oxidation sites excluding steroid dienone is 12. The lowest BCUT2D eigenvalue weighted by atomic mass is 10.1. The Bertz CT molecular complexity index is 1120. The van der Waals surface area contributed by atoms with E-state index in [1.54, 1.807) is 12.1 Å². The van der Waals surface area contributed by atoms with E-state index in [1.165, 1.54) is 12.4 Å². The minimum absolute atomic E-state index is 0.103. The van der Waals surface area contributed by atoms with Gasteiger partial charge in [-0.1, -0.05) is 79.8 Å². The lowest BCUT2D eigenvalue weighted by Gasteiger charge is -2.20. The summed E-state index contributed by atoms with van der Waals surface area (Å²) in [7, 11) is 0. The molecule has 0 fully saturated rings. The van der Waals surface area contributed by atoms with E-state index in [2.05, 4.69) is 83.3 Å². The van der Waals surface area contributed by atoms with E-state index < -0.39 is 37.2 Å². The van der Waals surface area contributed by atoms with Crippen LogP contribution in [0.25, 0.3) is 0 Å². The summed E-state index contributed by atoms with van der Waals surface area (Å²) in [6, 6.07) is 2.15. The SMILES string of the molecule is CC/C=C\C/C=C\C/C=C\C/C=C\C/C=C\C/C=C\CCC(=O)NCCCC(NC(=O)c1cccnc1)C(=O)OC(CO)CO. The molecule has 0 bridgehead atoms. The van der Waals surface area contributed by atoms with Gasteiger partial charge in [0, 0.05) is 25.4 Å². The van der Waals surface area contributed by atoms with Gasteiger partial charge in [-0.3, -0.25) is 14.6 Å². The van der Waals surface area contributed by atoms with Crippen molar-refractivity contribution in [2.75, 3.05) is 19.8 Å². The molecule has 1 aromatic rings. The first-order chi connectivity index (χ1) is 22.0. The third-order valence-electron chi connectivity index (χ3n) is 6.33. The average Bonchev–Trinajstić information content (AvgIpc) is 3.06. The third kappa shape index (κ3) is 21.3. The zero-order valence-corrected chi connectivity index (χ0v) is 26.6. The van der Waals surface area contributed by atoms with Crippen LogP contribution in [0.4, 0.5) is 0 Å². The molecule has 0 aromatic carbocycles. The molecule has 0 aliphatic carbocycles. The number of nitrogens with zero attached hydrogens (tertiary/aromatic N) is 1. The summed E-state index contributed by atoms with van der Waals surface area (Å²) in [5, 5.41) is 23.9. The highest BCUT2D eigenvalue weighted by Crippen LogP contribution is 2.06. The molecule has 45 heavy (non-hydrogen) atoms. The van der Waals surface area contributed by atoms with Crippen molar-refractivity contribution in [3.05, 3.63) is 103 Å². The Morgan fingerprint density at radius 1 is 0.844 bits per heavy atom. The van der Waals surface area contributed by atoms with Crippen LogP contribution >= 0.6 is 0 Å². The van der Waals surface area contributed by atoms with E-state index in [0.717, 1.165) is 38.5 Å². The van der Waals surface area contributed by atoms with Gasteiger partial charge in [0.05, 0.1) is 18.8 Å². The molecule has 1 heterocycles. The zero-order chi connectivity index (χ0) is 32.8. The number of ether oxygens (including phenoxy) is 1. The van der Waals surface area contributed by atoms with E-state index in [0.29, 0.717) is 25.8 Å². The summed E-state index contributed by atoms with van der Waals surface area (Å²) in [6.45, 7) is 1.37. The van der Waals surface area contributed by atoms with Crippen molar-refractivity contribution in [3.63, 3.8) is 0 Å². The molecule has 0 aliphatic rings. The van der Waals surface area contributed by atoms with Gasteiger partial charge in [-0.2, -0.15) is 0 Å². The molecule has 1 unspecified atom stereocenters. The summed E-state index contributed by atoms with van der Waals surface area (Å²) in [5.41, 5.74) is 0.277. The maximum absolute atomic E-state index is 12.6. The number of aromatic nitrogens is 1. The number of aliphatic hydroxyl groups is 2. The van der Waals surface area contributed by atoms with Crippen LogP contribution in [0.2, 0.25) is 0 Å². The van der Waals surface area contributed by atoms with Crippen LogP contribution in [0.15, 0.2) is 97.4 Å². The highest BCUT2D eigenvalue weighted by Gasteiger charge is 2.25. The summed E-state index contributed by atoms with van der Waals surface area (Å²) >= 11 is 0.